The van der Waals surface area contributed by atoms with E-state index < -0.39 is 0 Å². The van der Waals surface area contributed by atoms with Crippen LogP contribution in [0.3, 0.4) is 0 Å². The lowest BCUT2D eigenvalue weighted by atomic mass is 9.85. The Hall–Kier alpha value is -7.03. The molecule has 0 aliphatic carbocycles. The first-order valence-corrected chi connectivity index (χ1v) is 18.1. The molecule has 0 saturated carbocycles. The molecule has 248 valence electrons. The summed E-state index contributed by atoms with van der Waals surface area (Å²) < 4.78 is 2.33. The Bertz CT molecular complexity index is 2860. The highest BCUT2D eigenvalue weighted by molar-refractivity contribution is 6.21. The predicted molar refractivity (Wildman–Crippen MR) is 223 cm³/mol. The van der Waals surface area contributed by atoms with Crippen molar-refractivity contribution < 1.29 is 0 Å². The minimum absolute atomic E-state index is 0.923. The van der Waals surface area contributed by atoms with Gasteiger partial charge < -0.3 is 0 Å². The highest BCUT2D eigenvalue weighted by Gasteiger charge is 2.20. The topological polar surface area (TPSA) is 17.8 Å². The van der Waals surface area contributed by atoms with Crippen LogP contribution in [-0.2, 0) is 0 Å². The van der Waals surface area contributed by atoms with E-state index in [4.69, 9.17) is 4.98 Å². The van der Waals surface area contributed by atoms with Crippen molar-refractivity contribution >= 4 is 32.6 Å². The molecule has 1 heterocycles. The van der Waals surface area contributed by atoms with Crippen molar-refractivity contribution in [2.75, 3.05) is 0 Å². The molecule has 0 atom stereocenters. The van der Waals surface area contributed by atoms with E-state index in [1.54, 1.807) is 0 Å². The molecule has 0 aliphatic rings. The summed E-state index contributed by atoms with van der Waals surface area (Å²) in [5, 5.41) is 4.94. The second-order valence-corrected chi connectivity index (χ2v) is 13.5. The summed E-state index contributed by atoms with van der Waals surface area (Å²) in [5.41, 5.74) is 13.9. The van der Waals surface area contributed by atoms with Crippen molar-refractivity contribution in [1.29, 1.82) is 0 Å². The average Bonchev–Trinajstić information content (AvgIpc) is 3.63. The lowest BCUT2D eigenvalue weighted by Crippen LogP contribution is -1.99. The van der Waals surface area contributed by atoms with Crippen molar-refractivity contribution in [2.24, 2.45) is 0 Å². The Kier molecular flexibility index (Phi) is 7.51. The molecular weight excluding hydrogens is 641 g/mol. The van der Waals surface area contributed by atoms with E-state index in [1.807, 2.05) is 0 Å². The van der Waals surface area contributed by atoms with Crippen molar-refractivity contribution in [2.45, 2.75) is 0 Å². The van der Waals surface area contributed by atoms with E-state index in [9.17, 15) is 0 Å². The number of benzene rings is 9. The molecule has 53 heavy (non-hydrogen) atoms. The quantitative estimate of drug-likeness (QED) is 0.161. The van der Waals surface area contributed by atoms with Gasteiger partial charge in [-0.2, -0.15) is 0 Å². The van der Waals surface area contributed by atoms with Crippen molar-refractivity contribution in [1.82, 2.24) is 9.55 Å². The molecule has 0 bridgehead atoms. The summed E-state index contributed by atoms with van der Waals surface area (Å²) in [6, 6.07) is 74.0. The largest absolute Gasteiger partial charge is 0.292 e. The third-order valence-electron chi connectivity index (χ3n) is 10.4. The Morgan fingerprint density at radius 1 is 0.321 bits per heavy atom. The number of aromatic nitrogens is 2. The number of para-hydroxylation sites is 2. The van der Waals surface area contributed by atoms with Crippen LogP contribution in [0.2, 0.25) is 0 Å². The fourth-order valence-electron chi connectivity index (χ4n) is 8.03. The Morgan fingerprint density at radius 2 is 0.792 bits per heavy atom. The normalized spacial score (nSPS) is 11.4. The van der Waals surface area contributed by atoms with Gasteiger partial charge in [-0.25, -0.2) is 4.98 Å². The third-order valence-corrected chi connectivity index (χ3v) is 10.4. The van der Waals surface area contributed by atoms with E-state index in [2.05, 4.69) is 211 Å². The standard InChI is InChI=1S/C51H34N2/c1-3-16-35(17-4-1)36-30-32-38(33-31-36)49-42-23-8-10-25-44(42)50(45-26-11-9-24-43(45)49)39-20-15-21-40(34-39)53-48-29-14-13-28-47(48)52-51(53)46-27-12-7-22-41(46)37-18-5-2-6-19-37/h1-34H. The first-order valence-electron chi connectivity index (χ1n) is 18.1. The number of hydrogen-bond acceptors (Lipinski definition) is 1. The van der Waals surface area contributed by atoms with Gasteiger partial charge in [-0.05, 0) is 90.3 Å². The lowest BCUT2D eigenvalue weighted by molar-refractivity contribution is 1.10. The van der Waals surface area contributed by atoms with E-state index in [0.717, 1.165) is 33.7 Å². The molecule has 9 aromatic carbocycles. The maximum atomic E-state index is 5.28. The van der Waals surface area contributed by atoms with Gasteiger partial charge in [-0.15, -0.1) is 0 Å². The van der Waals surface area contributed by atoms with Gasteiger partial charge in [0.25, 0.3) is 0 Å². The lowest BCUT2D eigenvalue weighted by Gasteiger charge is -2.19. The molecule has 1 aromatic heterocycles. The number of fused-ring (bicyclic) bond motifs is 3. The third kappa shape index (κ3) is 5.32. The van der Waals surface area contributed by atoms with Gasteiger partial charge in [0.05, 0.1) is 11.0 Å². The van der Waals surface area contributed by atoms with Crippen molar-refractivity contribution in [3.05, 3.63) is 206 Å². The summed E-state index contributed by atoms with van der Waals surface area (Å²) >= 11 is 0. The average molecular weight is 675 g/mol. The van der Waals surface area contributed by atoms with Crippen LogP contribution in [0.4, 0.5) is 0 Å². The highest BCUT2D eigenvalue weighted by Crippen LogP contribution is 2.45. The summed E-state index contributed by atoms with van der Waals surface area (Å²) in [4.78, 5) is 5.28. The van der Waals surface area contributed by atoms with Gasteiger partial charge in [-0.3, -0.25) is 4.57 Å². The molecule has 2 heteroatoms. The minimum Gasteiger partial charge on any atom is -0.292 e. The Labute approximate surface area is 308 Å². The zero-order valence-electron chi connectivity index (χ0n) is 29.0. The zero-order chi connectivity index (χ0) is 35.1. The Balaban J connectivity index is 1.18. The molecule has 2 nitrogen and oxygen atoms in total. The number of nitrogens with zero attached hydrogens (tertiary/aromatic N) is 2. The molecule has 0 spiro atoms. The monoisotopic (exact) mass is 674 g/mol. The van der Waals surface area contributed by atoms with Crippen LogP contribution in [0.1, 0.15) is 0 Å². The molecule has 0 saturated heterocycles. The number of hydrogen-bond donors (Lipinski definition) is 0. The molecule has 0 aliphatic heterocycles. The van der Waals surface area contributed by atoms with Crippen LogP contribution in [0, 0.1) is 0 Å². The Morgan fingerprint density at radius 3 is 1.45 bits per heavy atom. The van der Waals surface area contributed by atoms with Crippen LogP contribution in [0.5, 0.6) is 0 Å². The van der Waals surface area contributed by atoms with Gasteiger partial charge >= 0.3 is 0 Å². The van der Waals surface area contributed by atoms with Crippen LogP contribution in [0.15, 0.2) is 206 Å². The molecule has 0 amide bonds. The summed E-state index contributed by atoms with van der Waals surface area (Å²) in [6.45, 7) is 0. The predicted octanol–water partition coefficient (Wildman–Crippen LogP) is 13.7. The van der Waals surface area contributed by atoms with Crippen LogP contribution in [0.25, 0.3) is 94.2 Å². The highest BCUT2D eigenvalue weighted by atomic mass is 15.1. The second-order valence-electron chi connectivity index (χ2n) is 13.5. The zero-order valence-corrected chi connectivity index (χ0v) is 29.0. The maximum Gasteiger partial charge on any atom is 0.146 e. The number of rotatable bonds is 6. The number of imidazole rings is 1. The van der Waals surface area contributed by atoms with Crippen molar-refractivity contribution in [3.63, 3.8) is 0 Å². The summed E-state index contributed by atoms with van der Waals surface area (Å²) in [6.07, 6.45) is 0. The minimum atomic E-state index is 0.923. The summed E-state index contributed by atoms with van der Waals surface area (Å²) in [7, 11) is 0. The molecule has 10 aromatic rings. The van der Waals surface area contributed by atoms with Crippen LogP contribution in [-0.4, -0.2) is 9.55 Å². The molecule has 0 radical (unpaired) electrons. The van der Waals surface area contributed by atoms with E-state index in [-0.39, 0.29) is 0 Å². The van der Waals surface area contributed by atoms with Gasteiger partial charge in [-0.1, -0.05) is 182 Å². The SMILES string of the molecule is c1ccc(-c2ccc(-c3c4ccccc4c(-c4cccc(-n5c(-c6ccccc6-c6ccccc6)nc6ccccc65)c4)c4ccccc34)cc2)cc1. The molecule has 0 unspecified atom stereocenters. The van der Waals surface area contributed by atoms with E-state index in [0.29, 0.717) is 0 Å². The maximum absolute atomic E-state index is 5.28. The van der Waals surface area contributed by atoms with Crippen LogP contribution < -0.4 is 0 Å². The van der Waals surface area contributed by atoms with E-state index >= 15 is 0 Å². The van der Waals surface area contributed by atoms with Gasteiger partial charge in [0, 0.05) is 11.3 Å². The first-order chi connectivity index (χ1) is 26.3. The smallest absolute Gasteiger partial charge is 0.146 e. The van der Waals surface area contributed by atoms with Crippen molar-refractivity contribution in [3.8, 4) is 61.6 Å². The van der Waals surface area contributed by atoms with E-state index in [1.165, 1.54) is 60.5 Å². The molecular formula is C51H34N2. The first kappa shape index (κ1) is 30.8. The fraction of sp³-hybridized carbons (Fsp3) is 0. The van der Waals surface area contributed by atoms with Crippen LogP contribution >= 0.6 is 0 Å². The van der Waals surface area contributed by atoms with Gasteiger partial charge in [0.15, 0.2) is 0 Å². The van der Waals surface area contributed by atoms with Gasteiger partial charge in [0.2, 0.25) is 0 Å². The molecule has 10 rings (SSSR count). The molecule has 0 N–H and O–H groups in total. The van der Waals surface area contributed by atoms with Gasteiger partial charge in [0.1, 0.15) is 5.82 Å². The molecule has 0 fully saturated rings. The fourth-order valence-corrected chi connectivity index (χ4v) is 8.03. The summed E-state index contributed by atoms with van der Waals surface area (Å²) in [5.74, 6) is 0.923. The second kappa shape index (κ2) is 12.9.